The van der Waals surface area contributed by atoms with Crippen LogP contribution < -0.4 is 5.32 Å². The lowest BCUT2D eigenvalue weighted by atomic mass is 10.1. The molecule has 0 radical (unpaired) electrons. The number of allylic oxidation sites excluding steroid dienone is 1. The van der Waals surface area contributed by atoms with Gasteiger partial charge in [0, 0.05) is 28.2 Å². The number of para-hydroxylation sites is 1. The van der Waals surface area contributed by atoms with Crippen LogP contribution >= 0.6 is 15.9 Å². The average molecular weight is 424 g/mol. The monoisotopic (exact) mass is 423 g/mol. The van der Waals surface area contributed by atoms with Crippen LogP contribution in [0.2, 0.25) is 0 Å². The maximum Gasteiger partial charge on any atom is 0.335 e. The summed E-state index contributed by atoms with van der Waals surface area (Å²) in [6, 6.07) is 19.9. The summed E-state index contributed by atoms with van der Waals surface area (Å²) in [5.74, 6) is 0.544. The fourth-order valence-corrected chi connectivity index (χ4v) is 3.31. The van der Waals surface area contributed by atoms with Crippen LogP contribution in [0.3, 0.4) is 0 Å². The third-order valence-electron chi connectivity index (χ3n) is 4.45. The van der Waals surface area contributed by atoms with Gasteiger partial charge in [0.2, 0.25) is 0 Å². The summed E-state index contributed by atoms with van der Waals surface area (Å²) in [6.45, 7) is 2.33. The van der Waals surface area contributed by atoms with Gasteiger partial charge in [-0.25, -0.2) is 9.48 Å². The van der Waals surface area contributed by atoms with Crippen LogP contribution in [-0.2, 0) is 9.53 Å². The molecule has 1 aliphatic heterocycles. The number of benzene rings is 2. The molecule has 0 saturated carbocycles. The Hall–Kier alpha value is -2.86. The van der Waals surface area contributed by atoms with E-state index in [1.807, 2.05) is 72.3 Å². The van der Waals surface area contributed by atoms with E-state index in [9.17, 15) is 4.79 Å². The molecule has 0 aliphatic carbocycles. The Labute approximate surface area is 165 Å². The highest BCUT2D eigenvalue weighted by molar-refractivity contribution is 9.10. The van der Waals surface area contributed by atoms with E-state index in [4.69, 9.17) is 9.84 Å². The highest BCUT2D eigenvalue weighted by atomic mass is 79.9. The molecule has 2 aromatic carbocycles. The number of anilines is 1. The van der Waals surface area contributed by atoms with E-state index in [2.05, 4.69) is 21.2 Å². The van der Waals surface area contributed by atoms with Gasteiger partial charge in [0.25, 0.3) is 0 Å². The normalized spacial score (nSPS) is 15.6. The number of cyclic esters (lactones) is 1. The van der Waals surface area contributed by atoms with Crippen LogP contribution in [0.4, 0.5) is 5.82 Å². The van der Waals surface area contributed by atoms with Crippen molar-refractivity contribution in [1.82, 2.24) is 9.78 Å². The van der Waals surface area contributed by atoms with Crippen molar-refractivity contribution in [3.8, 4) is 16.9 Å². The molecule has 1 saturated heterocycles. The largest absolute Gasteiger partial charge is 0.462 e. The van der Waals surface area contributed by atoms with Crippen LogP contribution in [0.15, 0.2) is 76.4 Å². The average Bonchev–Trinajstić information content (AvgIpc) is 3.29. The maximum atomic E-state index is 11.9. The van der Waals surface area contributed by atoms with Gasteiger partial charge in [-0.1, -0.05) is 46.3 Å². The molecule has 1 N–H and O–H groups in total. The van der Waals surface area contributed by atoms with Crippen molar-refractivity contribution in [2.45, 2.75) is 13.3 Å². The molecule has 0 spiro atoms. The number of aromatic nitrogens is 2. The smallest absolute Gasteiger partial charge is 0.335 e. The molecule has 1 fully saturated rings. The first-order valence-corrected chi connectivity index (χ1v) is 9.46. The molecule has 1 aliphatic rings. The Morgan fingerprint density at radius 2 is 1.89 bits per heavy atom. The first-order chi connectivity index (χ1) is 13.1. The fraction of sp³-hybridized carbons (Fsp3) is 0.143. The highest BCUT2D eigenvalue weighted by Gasteiger charge is 2.22. The van der Waals surface area contributed by atoms with Crippen molar-refractivity contribution in [2.24, 2.45) is 0 Å². The summed E-state index contributed by atoms with van der Waals surface area (Å²) < 4.78 is 7.93. The second kappa shape index (κ2) is 7.40. The van der Waals surface area contributed by atoms with Crippen LogP contribution in [0, 0.1) is 0 Å². The van der Waals surface area contributed by atoms with Crippen molar-refractivity contribution in [2.75, 3.05) is 11.9 Å². The van der Waals surface area contributed by atoms with E-state index in [1.165, 1.54) is 0 Å². The third kappa shape index (κ3) is 3.66. The van der Waals surface area contributed by atoms with E-state index >= 15 is 0 Å². The number of halogens is 1. The number of esters is 1. The lowest BCUT2D eigenvalue weighted by molar-refractivity contribution is -0.135. The van der Waals surface area contributed by atoms with Gasteiger partial charge >= 0.3 is 5.97 Å². The lowest BCUT2D eigenvalue weighted by Gasteiger charge is -2.11. The highest BCUT2D eigenvalue weighted by Crippen LogP contribution is 2.28. The molecule has 0 atom stereocenters. The molecule has 0 amide bonds. The molecule has 4 rings (SSSR count). The number of ether oxygens (including phenoxy) is 1. The van der Waals surface area contributed by atoms with E-state index in [0.29, 0.717) is 18.6 Å². The molecule has 1 aromatic heterocycles. The van der Waals surface area contributed by atoms with Crippen molar-refractivity contribution >= 4 is 27.7 Å². The molecular weight excluding hydrogens is 406 g/mol. The zero-order valence-corrected chi connectivity index (χ0v) is 16.4. The Morgan fingerprint density at radius 3 is 2.56 bits per heavy atom. The SMILES string of the molecule is C/C(Nc1cc(-c2ccc(Br)cc2)nn1-c1ccccc1)=C1\CCOC1=O. The van der Waals surface area contributed by atoms with Crippen LogP contribution in [-0.4, -0.2) is 22.4 Å². The van der Waals surface area contributed by atoms with Crippen molar-refractivity contribution in [1.29, 1.82) is 0 Å². The van der Waals surface area contributed by atoms with E-state index in [0.717, 1.165) is 32.9 Å². The third-order valence-corrected chi connectivity index (χ3v) is 4.98. The Balaban J connectivity index is 1.77. The van der Waals surface area contributed by atoms with Gasteiger partial charge in [0.15, 0.2) is 0 Å². The minimum Gasteiger partial charge on any atom is -0.462 e. The van der Waals surface area contributed by atoms with Crippen molar-refractivity contribution in [3.05, 3.63) is 76.4 Å². The lowest BCUT2D eigenvalue weighted by Crippen LogP contribution is -2.08. The van der Waals surface area contributed by atoms with Gasteiger partial charge < -0.3 is 10.1 Å². The predicted octanol–water partition coefficient (Wildman–Crippen LogP) is 4.93. The number of carbonyl (C=O) groups is 1. The second-order valence-corrected chi connectivity index (χ2v) is 7.20. The summed E-state index contributed by atoms with van der Waals surface area (Å²) in [5.41, 5.74) is 4.27. The summed E-state index contributed by atoms with van der Waals surface area (Å²) in [6.07, 6.45) is 0.622. The number of hydrogen-bond acceptors (Lipinski definition) is 4. The van der Waals surface area contributed by atoms with E-state index in [-0.39, 0.29) is 5.97 Å². The topological polar surface area (TPSA) is 56.1 Å². The van der Waals surface area contributed by atoms with Gasteiger partial charge in [-0.3, -0.25) is 0 Å². The van der Waals surface area contributed by atoms with E-state index in [1.54, 1.807) is 0 Å². The summed E-state index contributed by atoms with van der Waals surface area (Å²) in [4.78, 5) is 11.9. The van der Waals surface area contributed by atoms with Gasteiger partial charge in [0.1, 0.15) is 5.82 Å². The number of hydrogen-bond donors (Lipinski definition) is 1. The predicted molar refractivity (Wildman–Crippen MR) is 109 cm³/mol. The zero-order valence-electron chi connectivity index (χ0n) is 14.8. The standard InChI is InChI=1S/C21H18BrN3O2/c1-14(18-11-12-27-21(18)26)23-20-13-19(15-7-9-16(22)10-8-15)24-25(20)17-5-3-2-4-6-17/h2-10,13,23H,11-12H2,1H3/b18-14-. The molecule has 2 heterocycles. The van der Waals surface area contributed by atoms with Crippen LogP contribution in [0.25, 0.3) is 16.9 Å². The van der Waals surface area contributed by atoms with Gasteiger partial charge in [-0.15, -0.1) is 0 Å². The van der Waals surface area contributed by atoms with Gasteiger partial charge in [-0.05, 0) is 31.2 Å². The van der Waals surface area contributed by atoms with Crippen LogP contribution in [0.1, 0.15) is 13.3 Å². The molecule has 27 heavy (non-hydrogen) atoms. The molecule has 0 bridgehead atoms. The Bertz CT molecular complexity index is 1010. The molecule has 5 nitrogen and oxygen atoms in total. The second-order valence-electron chi connectivity index (χ2n) is 6.28. The molecule has 0 unspecified atom stereocenters. The molecule has 3 aromatic rings. The summed E-state index contributed by atoms with van der Waals surface area (Å²) in [5, 5.41) is 8.13. The fourth-order valence-electron chi connectivity index (χ4n) is 3.04. The van der Waals surface area contributed by atoms with Gasteiger partial charge in [-0.2, -0.15) is 5.10 Å². The molecule has 136 valence electrons. The zero-order chi connectivity index (χ0) is 18.8. The molecule has 6 heteroatoms. The van der Waals surface area contributed by atoms with Gasteiger partial charge in [0.05, 0.1) is 23.6 Å². The maximum absolute atomic E-state index is 11.9. The minimum absolute atomic E-state index is 0.251. The number of nitrogens with zero attached hydrogens (tertiary/aromatic N) is 2. The quantitative estimate of drug-likeness (QED) is 0.477. The first-order valence-electron chi connectivity index (χ1n) is 8.67. The number of carbonyl (C=O) groups excluding carboxylic acids is 1. The summed E-state index contributed by atoms with van der Waals surface area (Å²) in [7, 11) is 0. The summed E-state index contributed by atoms with van der Waals surface area (Å²) >= 11 is 3.46. The first kappa shape index (κ1) is 17.5. The van der Waals surface area contributed by atoms with E-state index < -0.39 is 0 Å². The minimum atomic E-state index is -0.251. The Kier molecular flexibility index (Phi) is 4.81. The number of rotatable bonds is 4. The number of nitrogens with one attached hydrogen (secondary N) is 1. The van der Waals surface area contributed by atoms with Crippen molar-refractivity contribution < 1.29 is 9.53 Å². The van der Waals surface area contributed by atoms with Crippen molar-refractivity contribution in [3.63, 3.8) is 0 Å². The molecular formula is C21H18BrN3O2. The Morgan fingerprint density at radius 1 is 1.15 bits per heavy atom. The van der Waals surface area contributed by atoms with Crippen LogP contribution in [0.5, 0.6) is 0 Å².